The summed E-state index contributed by atoms with van der Waals surface area (Å²) in [6, 6.07) is 8.43. The topological polar surface area (TPSA) is 46.5 Å². The van der Waals surface area contributed by atoms with Gasteiger partial charge in [-0.05, 0) is 19.1 Å². The van der Waals surface area contributed by atoms with Crippen molar-refractivity contribution >= 4 is 31.5 Å². The highest BCUT2D eigenvalue weighted by Crippen LogP contribution is 2.37. The first kappa shape index (κ1) is 10.8. The first-order valence-corrected chi connectivity index (χ1v) is 6.92. The molecule has 2 rings (SSSR count). The number of aliphatic imine (C=N–C) groups is 1. The van der Waals surface area contributed by atoms with Crippen LogP contribution in [0.4, 0.5) is 0 Å². The summed E-state index contributed by atoms with van der Waals surface area (Å²) in [4.78, 5) is 4.40. The van der Waals surface area contributed by atoms with E-state index in [-0.39, 0.29) is 5.75 Å². The van der Waals surface area contributed by atoms with Crippen molar-refractivity contribution in [3.63, 3.8) is 0 Å². The van der Waals surface area contributed by atoms with Crippen molar-refractivity contribution in [1.82, 2.24) is 0 Å². The van der Waals surface area contributed by atoms with Crippen LogP contribution in [0.25, 0.3) is 0 Å². The number of hydrogen-bond donors (Lipinski definition) is 0. The number of nitrogens with zero attached hydrogens (tertiary/aromatic N) is 1. The highest BCUT2D eigenvalue weighted by molar-refractivity contribution is 9.10. The molecular weight excluding hydrogens is 278 g/mol. The fourth-order valence-corrected chi connectivity index (χ4v) is 4.02. The lowest BCUT2D eigenvalue weighted by Gasteiger charge is -2.07. The summed E-state index contributed by atoms with van der Waals surface area (Å²) in [7, 11) is -3.25. The summed E-state index contributed by atoms with van der Waals surface area (Å²) in [5.41, 5.74) is 0.835. The van der Waals surface area contributed by atoms with Crippen LogP contribution in [0, 0.1) is 0 Å². The molecule has 1 atom stereocenters. The van der Waals surface area contributed by atoms with Crippen LogP contribution in [0.3, 0.4) is 0 Å². The molecule has 0 amide bonds. The van der Waals surface area contributed by atoms with Gasteiger partial charge in [-0.25, -0.2) is 8.42 Å². The van der Waals surface area contributed by atoms with Crippen LogP contribution < -0.4 is 0 Å². The normalized spacial score (nSPS) is 24.8. The van der Waals surface area contributed by atoms with Gasteiger partial charge in [-0.2, -0.15) is 0 Å². The number of hydrogen-bond acceptors (Lipinski definition) is 3. The molecule has 80 valence electrons. The van der Waals surface area contributed by atoms with Gasteiger partial charge in [0.1, 0.15) is 0 Å². The Morgan fingerprint density at radius 1 is 1.33 bits per heavy atom. The lowest BCUT2D eigenvalue weighted by Crippen LogP contribution is -2.22. The van der Waals surface area contributed by atoms with Crippen LogP contribution in [0.1, 0.15) is 6.92 Å². The largest absolute Gasteiger partial charge is 0.266 e. The molecule has 0 saturated heterocycles. The number of alkyl halides is 1. The van der Waals surface area contributed by atoms with Crippen molar-refractivity contribution in [3.8, 4) is 0 Å². The van der Waals surface area contributed by atoms with Crippen molar-refractivity contribution < 1.29 is 8.42 Å². The van der Waals surface area contributed by atoms with Crippen LogP contribution >= 0.6 is 15.9 Å². The lowest BCUT2D eigenvalue weighted by molar-refractivity contribution is 0.594. The van der Waals surface area contributed by atoms with Crippen LogP contribution in [-0.4, -0.2) is 24.3 Å². The maximum absolute atomic E-state index is 11.9. The molecule has 1 heterocycles. The summed E-state index contributed by atoms with van der Waals surface area (Å²) in [5, 5.41) is 0. The second kappa shape index (κ2) is 3.42. The summed E-state index contributed by atoms with van der Waals surface area (Å²) < 4.78 is 23.2. The Hall–Kier alpha value is -0.680. The molecule has 1 aromatic rings. The average Bonchev–Trinajstić information content (AvgIpc) is 2.74. The third-order valence-corrected chi connectivity index (χ3v) is 5.52. The lowest BCUT2D eigenvalue weighted by atomic mass is 10.4. The molecule has 0 N–H and O–H groups in total. The predicted molar refractivity (Wildman–Crippen MR) is 63.3 cm³/mol. The fraction of sp³-hybridized carbons (Fsp3) is 0.300. The average molecular weight is 288 g/mol. The van der Waals surface area contributed by atoms with Crippen molar-refractivity contribution in [2.24, 2.45) is 4.99 Å². The van der Waals surface area contributed by atoms with E-state index < -0.39 is 14.3 Å². The minimum absolute atomic E-state index is 0.00412. The maximum atomic E-state index is 11.9. The van der Waals surface area contributed by atoms with Gasteiger partial charge in [-0.15, -0.1) is 0 Å². The van der Waals surface area contributed by atoms with E-state index in [9.17, 15) is 8.42 Å². The molecule has 0 spiro atoms. The maximum Gasteiger partial charge on any atom is 0.182 e. The minimum Gasteiger partial charge on any atom is -0.266 e. The van der Waals surface area contributed by atoms with E-state index in [0.717, 1.165) is 5.71 Å². The number of benzene rings is 1. The number of rotatable bonds is 3. The number of halogens is 1. The molecule has 3 nitrogen and oxygen atoms in total. The molecular formula is C10H10BrNO2S. The second-order valence-electron chi connectivity index (χ2n) is 3.53. The van der Waals surface area contributed by atoms with E-state index >= 15 is 0 Å². The molecule has 0 fully saturated rings. The molecule has 0 saturated carbocycles. The molecule has 0 radical (unpaired) electrons. The van der Waals surface area contributed by atoms with Crippen LogP contribution in [0.15, 0.2) is 40.2 Å². The minimum atomic E-state index is -3.25. The second-order valence-corrected chi connectivity index (χ2v) is 6.83. The third-order valence-electron chi connectivity index (χ3n) is 2.33. The van der Waals surface area contributed by atoms with Crippen LogP contribution in [0.5, 0.6) is 0 Å². The molecule has 0 bridgehead atoms. The Bertz CT molecular complexity index is 509. The summed E-state index contributed by atoms with van der Waals surface area (Å²) in [6.07, 6.45) is 0. The van der Waals surface area contributed by atoms with Crippen LogP contribution in [-0.2, 0) is 9.84 Å². The standard InChI is InChI=1S/C10H10BrNO2S/c1-8-10(11,12-8)7-15(13,14)9-5-3-2-4-6-9/h2-6H,7H2,1H3. The Balaban J connectivity index is 2.23. The monoisotopic (exact) mass is 287 g/mol. The smallest absolute Gasteiger partial charge is 0.182 e. The summed E-state index contributed by atoms with van der Waals surface area (Å²) in [5.74, 6) is -0.00412. The Morgan fingerprint density at radius 3 is 2.33 bits per heavy atom. The molecule has 1 aromatic carbocycles. The Kier molecular flexibility index (Phi) is 2.47. The van der Waals surface area contributed by atoms with Gasteiger partial charge in [-0.1, -0.05) is 34.1 Å². The van der Waals surface area contributed by atoms with Gasteiger partial charge < -0.3 is 0 Å². The molecule has 5 heteroatoms. The van der Waals surface area contributed by atoms with Crippen molar-refractivity contribution in [1.29, 1.82) is 0 Å². The fourth-order valence-electron chi connectivity index (χ4n) is 1.34. The zero-order valence-corrected chi connectivity index (χ0v) is 10.5. The van der Waals surface area contributed by atoms with Gasteiger partial charge in [0.15, 0.2) is 14.3 Å². The van der Waals surface area contributed by atoms with E-state index in [2.05, 4.69) is 20.9 Å². The van der Waals surface area contributed by atoms with Gasteiger partial charge in [0.25, 0.3) is 0 Å². The summed E-state index contributed by atoms with van der Waals surface area (Å²) >= 11 is 3.31. The van der Waals surface area contributed by atoms with E-state index in [1.54, 1.807) is 30.3 Å². The SMILES string of the molecule is CC1=NC1(Br)CS(=O)(=O)c1ccccc1. The zero-order chi connectivity index (χ0) is 11.1. The Labute approximate surface area is 97.3 Å². The van der Waals surface area contributed by atoms with Gasteiger partial charge in [0.05, 0.1) is 16.4 Å². The van der Waals surface area contributed by atoms with E-state index in [1.807, 2.05) is 6.92 Å². The van der Waals surface area contributed by atoms with Gasteiger partial charge in [0, 0.05) is 0 Å². The first-order valence-electron chi connectivity index (χ1n) is 4.48. The van der Waals surface area contributed by atoms with Gasteiger partial charge in [-0.3, -0.25) is 4.99 Å². The van der Waals surface area contributed by atoms with Gasteiger partial charge >= 0.3 is 0 Å². The molecule has 15 heavy (non-hydrogen) atoms. The van der Waals surface area contributed by atoms with E-state index in [1.165, 1.54) is 0 Å². The number of sulfone groups is 1. The van der Waals surface area contributed by atoms with Crippen molar-refractivity contribution in [3.05, 3.63) is 30.3 Å². The highest BCUT2D eigenvalue weighted by atomic mass is 79.9. The van der Waals surface area contributed by atoms with Crippen LogP contribution in [0.2, 0.25) is 0 Å². The van der Waals surface area contributed by atoms with E-state index in [0.29, 0.717) is 4.90 Å². The zero-order valence-electron chi connectivity index (χ0n) is 8.14. The Morgan fingerprint density at radius 2 is 1.87 bits per heavy atom. The third kappa shape index (κ3) is 2.13. The molecule has 1 unspecified atom stereocenters. The van der Waals surface area contributed by atoms with Crippen molar-refractivity contribution in [2.75, 3.05) is 5.75 Å². The first-order chi connectivity index (χ1) is 6.94. The molecule has 1 aliphatic rings. The molecule has 0 aromatic heterocycles. The predicted octanol–water partition coefficient (Wildman–Crippen LogP) is 2.03. The molecule has 0 aliphatic carbocycles. The molecule has 1 aliphatic heterocycles. The summed E-state index contributed by atoms with van der Waals surface area (Å²) in [6.45, 7) is 1.81. The van der Waals surface area contributed by atoms with Gasteiger partial charge in [0.2, 0.25) is 0 Å². The quantitative estimate of drug-likeness (QED) is 0.631. The van der Waals surface area contributed by atoms with E-state index in [4.69, 9.17) is 0 Å². The van der Waals surface area contributed by atoms with Crippen molar-refractivity contribution in [2.45, 2.75) is 16.3 Å². The highest BCUT2D eigenvalue weighted by Gasteiger charge is 2.45.